The average Bonchev–Trinajstić information content (AvgIpc) is 1.83. The Morgan fingerprint density at radius 1 is 1.25 bits per heavy atom. The van der Waals surface area contributed by atoms with E-state index in [1.807, 2.05) is 0 Å². The summed E-state index contributed by atoms with van der Waals surface area (Å²) in [5.41, 5.74) is 0. The van der Waals surface area contributed by atoms with Gasteiger partial charge in [0.25, 0.3) is 10.1 Å². The van der Waals surface area contributed by atoms with Crippen LogP contribution in [0.25, 0.3) is 0 Å². The minimum atomic E-state index is -3.79. The normalized spacial score (nSPS) is 14.6. The van der Waals surface area contributed by atoms with Gasteiger partial charge in [0.2, 0.25) is 0 Å². The molecule has 0 aliphatic rings. The molecule has 1 atom stereocenters. The van der Waals surface area contributed by atoms with Crippen LogP contribution in [0.3, 0.4) is 0 Å². The largest absolute Gasteiger partial charge is 0.393 e. The topological polar surface area (TPSA) is 74.6 Å². The van der Waals surface area contributed by atoms with Gasteiger partial charge in [-0.15, -0.1) is 0 Å². The van der Waals surface area contributed by atoms with Gasteiger partial charge >= 0.3 is 0 Å². The first-order valence-corrected chi connectivity index (χ1v) is 5.66. The first-order chi connectivity index (χ1) is 5.42. The lowest BCUT2D eigenvalue weighted by Gasteiger charge is -2.02. The predicted octanol–water partition coefficient (Wildman–Crippen LogP) is 0.815. The maximum Gasteiger partial charge on any atom is 0.264 e. The van der Waals surface area contributed by atoms with E-state index in [1.165, 1.54) is 0 Å². The fraction of sp³-hybridized carbons (Fsp3) is 1.00. The maximum absolute atomic E-state index is 10.2. The molecule has 0 saturated carbocycles. The Labute approximate surface area is 73.4 Å². The quantitative estimate of drug-likeness (QED) is 0.487. The van der Waals surface area contributed by atoms with E-state index in [2.05, 4.69) is 0 Å². The molecule has 0 aliphatic heterocycles. The fourth-order valence-electron chi connectivity index (χ4n) is 0.901. The average molecular weight is 196 g/mol. The predicted molar refractivity (Wildman–Crippen MR) is 46.6 cm³/mol. The Morgan fingerprint density at radius 3 is 2.25 bits per heavy atom. The molecule has 0 spiro atoms. The molecular formula is C7H16O4S. The van der Waals surface area contributed by atoms with Crippen molar-refractivity contribution in [1.29, 1.82) is 0 Å². The van der Waals surface area contributed by atoms with Crippen molar-refractivity contribution in [3.63, 3.8) is 0 Å². The smallest absolute Gasteiger partial charge is 0.264 e. The van der Waals surface area contributed by atoms with Crippen LogP contribution in [0.5, 0.6) is 0 Å². The lowest BCUT2D eigenvalue weighted by molar-refractivity contribution is 0.180. The van der Waals surface area contributed by atoms with E-state index in [4.69, 9.17) is 9.66 Å². The molecule has 0 aromatic carbocycles. The number of hydrogen-bond acceptors (Lipinski definition) is 3. The standard InChI is InChI=1S/C7H16O4S/c1-7(8)5-3-2-4-6-12(9,10)11/h7-8H,2-6H2,1H3,(H,9,10,11). The Hall–Kier alpha value is -0.130. The zero-order valence-electron chi connectivity index (χ0n) is 7.23. The molecule has 0 fully saturated rings. The van der Waals surface area contributed by atoms with Crippen LogP contribution in [0, 0.1) is 0 Å². The van der Waals surface area contributed by atoms with Crippen LogP contribution in [-0.4, -0.2) is 29.9 Å². The molecule has 0 radical (unpaired) electrons. The Bertz CT molecular complexity index is 195. The fourth-order valence-corrected chi connectivity index (χ4v) is 1.47. The van der Waals surface area contributed by atoms with Gasteiger partial charge in [-0.05, 0) is 19.8 Å². The number of unbranched alkanes of at least 4 members (excludes halogenated alkanes) is 2. The number of aliphatic hydroxyl groups excluding tert-OH is 1. The molecule has 0 saturated heterocycles. The first kappa shape index (κ1) is 11.9. The van der Waals surface area contributed by atoms with Crippen molar-refractivity contribution in [1.82, 2.24) is 0 Å². The highest BCUT2D eigenvalue weighted by molar-refractivity contribution is 7.85. The maximum atomic E-state index is 10.2. The van der Waals surface area contributed by atoms with Gasteiger partial charge < -0.3 is 5.11 Å². The van der Waals surface area contributed by atoms with Gasteiger partial charge in [0.15, 0.2) is 0 Å². The number of hydrogen-bond donors (Lipinski definition) is 2. The molecule has 0 amide bonds. The number of aliphatic hydroxyl groups is 1. The Kier molecular flexibility index (Phi) is 5.44. The van der Waals surface area contributed by atoms with E-state index in [0.29, 0.717) is 12.8 Å². The molecular weight excluding hydrogens is 180 g/mol. The highest BCUT2D eigenvalue weighted by Crippen LogP contribution is 2.04. The van der Waals surface area contributed by atoms with E-state index in [-0.39, 0.29) is 11.9 Å². The van der Waals surface area contributed by atoms with Crippen molar-refractivity contribution < 1.29 is 18.1 Å². The van der Waals surface area contributed by atoms with Crippen LogP contribution in [0.2, 0.25) is 0 Å². The summed E-state index contributed by atoms with van der Waals surface area (Å²) in [5, 5.41) is 8.84. The van der Waals surface area contributed by atoms with Crippen LogP contribution in [0.15, 0.2) is 0 Å². The summed E-state index contributed by atoms with van der Waals surface area (Å²) in [7, 11) is -3.79. The minimum absolute atomic E-state index is 0.174. The third-order valence-corrected chi connectivity index (χ3v) is 2.33. The van der Waals surface area contributed by atoms with Crippen LogP contribution >= 0.6 is 0 Å². The Morgan fingerprint density at radius 2 is 1.83 bits per heavy atom. The second-order valence-electron chi connectivity index (χ2n) is 2.98. The molecule has 1 unspecified atom stereocenters. The third kappa shape index (κ3) is 9.87. The second kappa shape index (κ2) is 5.50. The van der Waals surface area contributed by atoms with Gasteiger partial charge in [-0.25, -0.2) is 0 Å². The molecule has 4 nitrogen and oxygen atoms in total. The summed E-state index contributed by atoms with van der Waals surface area (Å²) in [6, 6.07) is 0. The Balaban J connectivity index is 3.23. The van der Waals surface area contributed by atoms with Crippen LogP contribution in [0.1, 0.15) is 32.6 Å². The molecule has 74 valence electrons. The van der Waals surface area contributed by atoms with E-state index in [1.54, 1.807) is 6.92 Å². The highest BCUT2D eigenvalue weighted by atomic mass is 32.2. The molecule has 2 N–H and O–H groups in total. The van der Waals surface area contributed by atoms with Crippen LogP contribution < -0.4 is 0 Å². The summed E-state index contributed by atoms with van der Waals surface area (Å²) in [6.45, 7) is 1.70. The molecule has 0 bridgehead atoms. The molecule has 0 aliphatic carbocycles. The van der Waals surface area contributed by atoms with E-state index in [0.717, 1.165) is 12.8 Å². The number of rotatable bonds is 6. The van der Waals surface area contributed by atoms with Gasteiger partial charge in [0.1, 0.15) is 0 Å². The van der Waals surface area contributed by atoms with Gasteiger partial charge in [0, 0.05) is 0 Å². The monoisotopic (exact) mass is 196 g/mol. The SMILES string of the molecule is CC(O)CCCCCS(=O)(=O)O. The lowest BCUT2D eigenvalue weighted by Crippen LogP contribution is -2.04. The second-order valence-corrected chi connectivity index (χ2v) is 4.56. The lowest BCUT2D eigenvalue weighted by atomic mass is 10.1. The molecule has 0 aromatic rings. The molecule has 0 heterocycles. The third-order valence-electron chi connectivity index (χ3n) is 1.52. The van der Waals surface area contributed by atoms with Gasteiger partial charge in [0.05, 0.1) is 11.9 Å². The van der Waals surface area contributed by atoms with Gasteiger partial charge in [-0.3, -0.25) is 4.55 Å². The zero-order valence-corrected chi connectivity index (χ0v) is 8.05. The minimum Gasteiger partial charge on any atom is -0.393 e. The molecule has 0 aromatic heterocycles. The van der Waals surface area contributed by atoms with Crippen molar-refractivity contribution >= 4 is 10.1 Å². The zero-order chi connectivity index (χ0) is 9.61. The summed E-state index contributed by atoms with van der Waals surface area (Å²) in [4.78, 5) is 0. The van der Waals surface area contributed by atoms with E-state index >= 15 is 0 Å². The van der Waals surface area contributed by atoms with Crippen LogP contribution in [0.4, 0.5) is 0 Å². The molecule has 12 heavy (non-hydrogen) atoms. The first-order valence-electron chi connectivity index (χ1n) is 4.05. The van der Waals surface area contributed by atoms with E-state index < -0.39 is 10.1 Å². The highest BCUT2D eigenvalue weighted by Gasteiger charge is 2.03. The van der Waals surface area contributed by atoms with Crippen molar-refractivity contribution in [2.75, 3.05) is 5.75 Å². The van der Waals surface area contributed by atoms with Crippen molar-refractivity contribution in [3.05, 3.63) is 0 Å². The van der Waals surface area contributed by atoms with Crippen LogP contribution in [-0.2, 0) is 10.1 Å². The summed E-state index contributed by atoms with van der Waals surface area (Å²) < 4.78 is 28.8. The van der Waals surface area contributed by atoms with Gasteiger partial charge in [-0.2, -0.15) is 8.42 Å². The van der Waals surface area contributed by atoms with Crippen molar-refractivity contribution in [2.45, 2.75) is 38.7 Å². The molecule has 0 rings (SSSR count). The summed E-state index contributed by atoms with van der Waals surface area (Å²) in [6.07, 6.45) is 2.35. The van der Waals surface area contributed by atoms with Crippen molar-refractivity contribution in [3.8, 4) is 0 Å². The van der Waals surface area contributed by atoms with Gasteiger partial charge in [-0.1, -0.05) is 12.8 Å². The van der Waals surface area contributed by atoms with Crippen molar-refractivity contribution in [2.24, 2.45) is 0 Å². The summed E-state index contributed by atoms with van der Waals surface area (Å²) in [5.74, 6) is -0.174. The summed E-state index contributed by atoms with van der Waals surface area (Å²) >= 11 is 0. The molecule has 5 heteroatoms. The van der Waals surface area contributed by atoms with E-state index in [9.17, 15) is 8.42 Å².